The summed E-state index contributed by atoms with van der Waals surface area (Å²) in [6, 6.07) is 38.1. The number of fused-ring (bicyclic) bond motifs is 6. The van der Waals surface area contributed by atoms with E-state index < -0.39 is 27.7 Å². The van der Waals surface area contributed by atoms with Gasteiger partial charge in [0.1, 0.15) is 5.58 Å². The minimum atomic E-state index is -2.38. The second kappa shape index (κ2) is 15.2. The van der Waals surface area contributed by atoms with Crippen molar-refractivity contribution in [3.05, 3.63) is 138 Å². The first kappa shape index (κ1) is 31.6. The molecule has 9 rings (SSSR count). The second-order valence-corrected chi connectivity index (χ2v) is 22.9. The summed E-state index contributed by atoms with van der Waals surface area (Å²) >= 11 is 0. The predicted octanol–water partition coefficient (Wildman–Crippen LogP) is 13.8. The molecule has 3 heterocycles. The van der Waals surface area contributed by atoms with Crippen LogP contribution in [0.4, 0.5) is 0 Å². The normalized spacial score (nSPS) is 18.3. The third-order valence-electron chi connectivity index (χ3n) is 10.9. The first-order chi connectivity index (χ1) is 28.9. The van der Waals surface area contributed by atoms with Crippen LogP contribution in [-0.4, -0.2) is 18.0 Å². The Morgan fingerprint density at radius 3 is 2.29 bits per heavy atom. The van der Waals surface area contributed by atoms with E-state index in [2.05, 4.69) is 124 Å². The van der Waals surface area contributed by atoms with Gasteiger partial charge in [-0.2, -0.15) is 0 Å². The average Bonchev–Trinajstić information content (AvgIpc) is 3.55. The molecular weight excluding hydrogens is 877 g/mol. The van der Waals surface area contributed by atoms with Crippen LogP contribution in [0.1, 0.15) is 79.1 Å². The average molecular weight is 936 g/mol. The van der Waals surface area contributed by atoms with Crippen LogP contribution in [0.15, 0.2) is 114 Å². The molecule has 0 N–H and O–H groups in total. The first-order valence-electron chi connectivity index (χ1n) is 22.6. The Morgan fingerprint density at radius 1 is 0.768 bits per heavy atom. The Kier molecular flexibility index (Phi) is 8.57. The molecule has 56 heavy (non-hydrogen) atoms. The van der Waals surface area contributed by atoms with Gasteiger partial charge in [0.15, 0.2) is 0 Å². The number of hydrogen-bond donors (Lipinski definition) is 0. The molecule has 1 aliphatic rings. The Hall–Kier alpha value is -4.41. The van der Waals surface area contributed by atoms with Crippen molar-refractivity contribution in [3.8, 4) is 22.5 Å². The van der Waals surface area contributed by atoms with Crippen LogP contribution in [0.3, 0.4) is 0 Å². The fourth-order valence-electron chi connectivity index (χ4n) is 8.77. The van der Waals surface area contributed by atoms with Crippen molar-refractivity contribution in [1.29, 1.82) is 0 Å². The number of aryl methyl sites for hydroxylation is 2. The smallest absolute Gasteiger partial charge is 0.121 e. The molecule has 3 nitrogen and oxygen atoms in total. The van der Waals surface area contributed by atoms with Crippen LogP contribution in [0.25, 0.3) is 66.0 Å². The Labute approximate surface area is 357 Å². The first-order valence-corrected chi connectivity index (χ1v) is 22.6. The van der Waals surface area contributed by atoms with Gasteiger partial charge in [-0.1, -0.05) is 119 Å². The topological polar surface area (TPSA) is 38.9 Å². The minimum absolute atomic E-state index is 0. The van der Waals surface area contributed by atoms with Gasteiger partial charge in [-0.05, 0) is 105 Å². The molecule has 5 aromatic carbocycles. The fourth-order valence-corrected chi connectivity index (χ4v) is 9.92. The number of nitrogens with zero attached hydrogens (tertiary/aromatic N) is 2. The van der Waals surface area contributed by atoms with Crippen molar-refractivity contribution >= 4 is 56.7 Å². The minimum Gasteiger partial charge on any atom is -0.501 e. The van der Waals surface area contributed by atoms with Crippen molar-refractivity contribution in [1.82, 2.24) is 9.97 Å². The number of aromatic nitrogens is 2. The zero-order chi connectivity index (χ0) is 44.6. The molecule has 1 radical (unpaired) electrons. The quantitative estimate of drug-likeness (QED) is 0.100. The van der Waals surface area contributed by atoms with Gasteiger partial charge in [0.05, 0.1) is 13.7 Å². The van der Waals surface area contributed by atoms with Crippen LogP contribution < -0.4 is 5.19 Å². The van der Waals surface area contributed by atoms with E-state index in [1.165, 1.54) is 28.2 Å². The molecule has 287 valence electrons. The van der Waals surface area contributed by atoms with E-state index in [0.29, 0.717) is 40.8 Å². The van der Waals surface area contributed by atoms with Crippen molar-refractivity contribution in [2.24, 2.45) is 10.8 Å². The van der Waals surface area contributed by atoms with E-state index in [-0.39, 0.29) is 36.5 Å². The Morgan fingerprint density at radius 2 is 1.55 bits per heavy atom. The molecule has 0 unspecified atom stereocenters. The van der Waals surface area contributed by atoms with Crippen LogP contribution in [-0.2, 0) is 20.1 Å². The fraction of sp³-hybridized carbons (Fsp3) is 0.294. The van der Waals surface area contributed by atoms with E-state index in [1.807, 2.05) is 30.5 Å². The number of furan rings is 1. The van der Waals surface area contributed by atoms with E-state index >= 15 is 0 Å². The summed E-state index contributed by atoms with van der Waals surface area (Å²) < 4.78 is 63.3. The second-order valence-electron chi connectivity index (χ2n) is 17.8. The SMILES string of the molecule is [2H]C([2H])([2H])c1c[c-]c(-c2cc([Si](C)(C)C)ccn2)cc1.[2H]C([2H])([2H])c1cnc(-c2[c-]ccc3c2oc2cc4c(ccc5ccccc54)cc23)cc1C1([2H])CC(C)(C)CC(C)(C)C1.[Ir]. The van der Waals surface area contributed by atoms with Gasteiger partial charge in [0, 0.05) is 47.5 Å². The molecular formula is C51H52IrN2OSi-2. The molecule has 5 heteroatoms. The molecule has 3 aromatic heterocycles. The van der Waals surface area contributed by atoms with Crippen molar-refractivity contribution in [2.75, 3.05) is 0 Å². The van der Waals surface area contributed by atoms with E-state index in [0.717, 1.165) is 44.8 Å². The van der Waals surface area contributed by atoms with E-state index in [9.17, 15) is 1.37 Å². The van der Waals surface area contributed by atoms with Crippen LogP contribution in [0, 0.1) is 36.7 Å². The largest absolute Gasteiger partial charge is 0.501 e. The van der Waals surface area contributed by atoms with Gasteiger partial charge in [-0.3, -0.25) is 0 Å². The van der Waals surface area contributed by atoms with Gasteiger partial charge < -0.3 is 14.4 Å². The summed E-state index contributed by atoms with van der Waals surface area (Å²) in [5.41, 5.74) is 5.17. The summed E-state index contributed by atoms with van der Waals surface area (Å²) in [7, 11) is -1.38. The monoisotopic (exact) mass is 936 g/mol. The van der Waals surface area contributed by atoms with Crippen molar-refractivity contribution in [3.63, 3.8) is 0 Å². The maximum atomic E-state index is 9.74. The summed E-state index contributed by atoms with van der Waals surface area (Å²) in [5.74, 6) is -1.06. The zero-order valence-corrected chi connectivity index (χ0v) is 36.5. The van der Waals surface area contributed by atoms with Gasteiger partial charge in [-0.15, -0.1) is 53.6 Å². The van der Waals surface area contributed by atoms with E-state index in [1.54, 1.807) is 12.1 Å². The zero-order valence-electron chi connectivity index (χ0n) is 40.1. The molecule has 1 aliphatic carbocycles. The molecule has 0 aliphatic heterocycles. The summed E-state index contributed by atoms with van der Waals surface area (Å²) in [6.07, 6.45) is 5.41. The Bertz CT molecular complexity index is 2970. The molecule has 0 atom stereocenters. The molecule has 0 bridgehead atoms. The van der Waals surface area contributed by atoms with Crippen molar-refractivity contribution < 1.29 is 34.1 Å². The van der Waals surface area contributed by atoms with E-state index in [4.69, 9.17) is 12.6 Å². The number of hydrogen-bond acceptors (Lipinski definition) is 3. The van der Waals surface area contributed by atoms with Gasteiger partial charge >= 0.3 is 0 Å². The summed E-state index contributed by atoms with van der Waals surface area (Å²) in [5, 5.41) is 7.92. The van der Waals surface area contributed by atoms with Crippen LogP contribution in [0.2, 0.25) is 19.6 Å². The van der Waals surface area contributed by atoms with Crippen LogP contribution in [0.5, 0.6) is 0 Å². The maximum Gasteiger partial charge on any atom is 0.121 e. The molecule has 0 spiro atoms. The van der Waals surface area contributed by atoms with Crippen LogP contribution >= 0.6 is 0 Å². The van der Waals surface area contributed by atoms with Gasteiger partial charge in [0.2, 0.25) is 0 Å². The van der Waals surface area contributed by atoms with Gasteiger partial charge in [-0.25, -0.2) is 0 Å². The number of rotatable bonds is 4. The molecule has 0 saturated heterocycles. The molecule has 0 amide bonds. The summed E-state index contributed by atoms with van der Waals surface area (Å²) in [6.45, 7) is 11.1. The number of pyridine rings is 2. The standard InChI is InChI=1S/C36H34NO.C15H18NSi.Ir/c1-22-20-37-32(16-29(22)25-18-35(2,3)21-36(4,5)19-25)28-12-8-11-27-31-15-24-14-13-23-9-6-7-10-26(23)30(24)17-33(31)38-34(27)28;1-12-5-7-13(8-6-12)15-11-14(9-10-16-15)17(2,3)4;/h6-11,13-17,20,25H,18-19,21H2,1-5H3;5-7,9-11H,1-4H3;/q2*-1;/i1D3,25D;1D3;. The molecule has 8 aromatic rings. The maximum absolute atomic E-state index is 9.74. The number of benzene rings is 5. The third-order valence-corrected chi connectivity index (χ3v) is 12.9. The Balaban J connectivity index is 0.000000239. The summed E-state index contributed by atoms with van der Waals surface area (Å²) in [4.78, 5) is 9.02. The third kappa shape index (κ3) is 8.05. The molecule has 1 saturated carbocycles. The van der Waals surface area contributed by atoms with Gasteiger partial charge in [0.25, 0.3) is 0 Å². The predicted molar refractivity (Wildman–Crippen MR) is 236 cm³/mol. The molecule has 1 fully saturated rings. The van der Waals surface area contributed by atoms with Crippen molar-refractivity contribution in [2.45, 2.75) is 86.2 Å².